The second kappa shape index (κ2) is 6.08. The summed E-state index contributed by atoms with van der Waals surface area (Å²) in [5.41, 5.74) is 1.12. The quantitative estimate of drug-likeness (QED) is 0.816. The molecule has 0 radical (unpaired) electrons. The van der Waals surface area contributed by atoms with Crippen LogP contribution in [0.2, 0.25) is 0 Å². The Morgan fingerprint density at radius 2 is 2.18 bits per heavy atom. The van der Waals surface area contributed by atoms with Gasteiger partial charge in [0.2, 0.25) is 5.95 Å². The highest BCUT2D eigenvalue weighted by Gasteiger charge is 2.15. The van der Waals surface area contributed by atoms with E-state index in [4.69, 9.17) is 0 Å². The third-order valence-corrected chi connectivity index (χ3v) is 3.68. The second-order valence-electron chi connectivity index (χ2n) is 5.27. The lowest BCUT2D eigenvalue weighted by atomic mass is 10.0. The normalized spacial score (nSPS) is 16.6. The highest BCUT2D eigenvalue weighted by atomic mass is 15.2. The maximum absolute atomic E-state index is 4.55. The van der Waals surface area contributed by atoms with Crippen molar-refractivity contribution in [2.75, 3.05) is 11.9 Å². The van der Waals surface area contributed by atoms with Crippen molar-refractivity contribution >= 4 is 5.95 Å². The maximum Gasteiger partial charge on any atom is 0.203 e. The Morgan fingerprint density at radius 3 is 2.88 bits per heavy atom. The van der Waals surface area contributed by atoms with Gasteiger partial charge in [-0.1, -0.05) is 32.6 Å². The summed E-state index contributed by atoms with van der Waals surface area (Å²) in [6.07, 6.45) is 10.4. The van der Waals surface area contributed by atoms with Crippen LogP contribution in [0.3, 0.4) is 0 Å². The van der Waals surface area contributed by atoms with Gasteiger partial charge in [0.05, 0.1) is 5.69 Å². The van der Waals surface area contributed by atoms with Crippen LogP contribution >= 0.6 is 0 Å². The van der Waals surface area contributed by atoms with Crippen LogP contribution in [-0.4, -0.2) is 16.1 Å². The Hall–Kier alpha value is -0.990. The van der Waals surface area contributed by atoms with E-state index < -0.39 is 0 Å². The average molecular weight is 235 g/mol. The standard InChI is InChI=1S/C14H25N3/c1-3-9-15-14-16-12(2)11-17(14)10-8-13-6-4-5-7-13/h11,13H,3-10H2,1-2H3,(H,15,16). The van der Waals surface area contributed by atoms with E-state index in [1.165, 1.54) is 32.1 Å². The zero-order chi connectivity index (χ0) is 12.1. The Morgan fingerprint density at radius 1 is 1.41 bits per heavy atom. The molecule has 0 saturated heterocycles. The van der Waals surface area contributed by atoms with Crippen molar-refractivity contribution in [3.05, 3.63) is 11.9 Å². The molecule has 1 fully saturated rings. The van der Waals surface area contributed by atoms with E-state index in [0.29, 0.717) is 0 Å². The number of hydrogen-bond acceptors (Lipinski definition) is 2. The minimum atomic E-state index is 0.955. The maximum atomic E-state index is 4.55. The Balaban J connectivity index is 1.89. The lowest BCUT2D eigenvalue weighted by molar-refractivity contribution is 0.459. The van der Waals surface area contributed by atoms with E-state index in [9.17, 15) is 0 Å². The van der Waals surface area contributed by atoms with Gasteiger partial charge in [-0.15, -0.1) is 0 Å². The highest BCUT2D eigenvalue weighted by Crippen LogP contribution is 2.28. The van der Waals surface area contributed by atoms with Crippen LogP contribution in [0, 0.1) is 12.8 Å². The van der Waals surface area contributed by atoms with E-state index >= 15 is 0 Å². The van der Waals surface area contributed by atoms with Crippen LogP contribution in [0.15, 0.2) is 6.20 Å². The van der Waals surface area contributed by atoms with Crippen molar-refractivity contribution in [3.63, 3.8) is 0 Å². The van der Waals surface area contributed by atoms with E-state index in [1.54, 1.807) is 0 Å². The minimum absolute atomic E-state index is 0.955. The number of imidazole rings is 1. The molecule has 3 heteroatoms. The molecule has 0 aromatic carbocycles. The Bertz CT molecular complexity index is 337. The van der Waals surface area contributed by atoms with Crippen LogP contribution < -0.4 is 5.32 Å². The van der Waals surface area contributed by atoms with Crippen LogP contribution in [0.1, 0.15) is 51.1 Å². The van der Waals surface area contributed by atoms with Crippen molar-refractivity contribution < 1.29 is 0 Å². The molecule has 0 atom stereocenters. The number of aromatic nitrogens is 2. The summed E-state index contributed by atoms with van der Waals surface area (Å²) < 4.78 is 2.29. The number of hydrogen-bond donors (Lipinski definition) is 1. The van der Waals surface area contributed by atoms with Gasteiger partial charge < -0.3 is 9.88 Å². The fourth-order valence-corrected chi connectivity index (χ4v) is 2.72. The molecule has 1 aliphatic carbocycles. The molecule has 1 aliphatic rings. The minimum Gasteiger partial charge on any atom is -0.356 e. The number of nitrogens with one attached hydrogen (secondary N) is 1. The second-order valence-corrected chi connectivity index (χ2v) is 5.27. The van der Waals surface area contributed by atoms with Gasteiger partial charge in [0.15, 0.2) is 0 Å². The molecule has 17 heavy (non-hydrogen) atoms. The SMILES string of the molecule is CCCNc1nc(C)cn1CCC1CCCC1. The van der Waals surface area contributed by atoms with Gasteiger partial charge in [0.25, 0.3) is 0 Å². The number of aryl methyl sites for hydroxylation is 2. The molecule has 1 aromatic rings. The summed E-state index contributed by atoms with van der Waals surface area (Å²) in [6.45, 7) is 6.40. The van der Waals surface area contributed by atoms with E-state index in [-0.39, 0.29) is 0 Å². The molecule has 1 heterocycles. The van der Waals surface area contributed by atoms with Gasteiger partial charge >= 0.3 is 0 Å². The average Bonchev–Trinajstić information content (AvgIpc) is 2.93. The summed E-state index contributed by atoms with van der Waals surface area (Å²) in [5, 5.41) is 3.41. The topological polar surface area (TPSA) is 29.9 Å². The summed E-state index contributed by atoms with van der Waals surface area (Å²) >= 11 is 0. The van der Waals surface area contributed by atoms with Crippen LogP contribution in [-0.2, 0) is 6.54 Å². The molecule has 0 amide bonds. The van der Waals surface area contributed by atoms with E-state index in [2.05, 4.69) is 34.9 Å². The largest absolute Gasteiger partial charge is 0.356 e. The Labute approximate surface area is 105 Å². The van der Waals surface area contributed by atoms with Gasteiger partial charge in [-0.2, -0.15) is 0 Å². The highest BCUT2D eigenvalue weighted by molar-refractivity contribution is 5.28. The van der Waals surface area contributed by atoms with E-state index in [0.717, 1.165) is 37.1 Å². The van der Waals surface area contributed by atoms with Crippen molar-refractivity contribution in [1.29, 1.82) is 0 Å². The zero-order valence-electron chi connectivity index (χ0n) is 11.2. The first-order valence-electron chi connectivity index (χ1n) is 7.07. The third-order valence-electron chi connectivity index (χ3n) is 3.68. The van der Waals surface area contributed by atoms with Crippen LogP contribution in [0.25, 0.3) is 0 Å². The molecular formula is C14H25N3. The molecular weight excluding hydrogens is 210 g/mol. The van der Waals surface area contributed by atoms with Crippen LogP contribution in [0.5, 0.6) is 0 Å². The number of nitrogens with zero attached hydrogens (tertiary/aromatic N) is 2. The molecule has 0 unspecified atom stereocenters. The summed E-state index contributed by atoms with van der Waals surface area (Å²) in [7, 11) is 0. The Kier molecular flexibility index (Phi) is 4.46. The summed E-state index contributed by atoms with van der Waals surface area (Å²) in [4.78, 5) is 4.55. The zero-order valence-corrected chi connectivity index (χ0v) is 11.2. The summed E-state index contributed by atoms with van der Waals surface area (Å²) in [5.74, 6) is 2.01. The number of anilines is 1. The van der Waals surface area contributed by atoms with Crippen molar-refractivity contribution in [2.24, 2.45) is 5.92 Å². The van der Waals surface area contributed by atoms with Crippen molar-refractivity contribution in [3.8, 4) is 0 Å². The molecule has 96 valence electrons. The molecule has 1 N–H and O–H groups in total. The first-order chi connectivity index (χ1) is 8.29. The van der Waals surface area contributed by atoms with Gasteiger partial charge in [-0.3, -0.25) is 0 Å². The molecule has 1 saturated carbocycles. The lowest BCUT2D eigenvalue weighted by Crippen LogP contribution is -2.09. The first kappa shape index (κ1) is 12.5. The monoisotopic (exact) mass is 235 g/mol. The molecule has 3 nitrogen and oxygen atoms in total. The lowest BCUT2D eigenvalue weighted by Gasteiger charge is -2.12. The van der Waals surface area contributed by atoms with E-state index in [1.807, 2.05) is 0 Å². The third kappa shape index (κ3) is 3.48. The van der Waals surface area contributed by atoms with Gasteiger partial charge in [-0.05, 0) is 25.7 Å². The number of rotatable bonds is 6. The first-order valence-corrected chi connectivity index (χ1v) is 7.07. The van der Waals surface area contributed by atoms with Gasteiger partial charge in [0, 0.05) is 19.3 Å². The molecule has 0 aliphatic heterocycles. The molecule has 0 bridgehead atoms. The molecule has 0 spiro atoms. The van der Waals surface area contributed by atoms with Gasteiger partial charge in [0.1, 0.15) is 0 Å². The predicted octanol–water partition coefficient (Wildman–Crippen LogP) is 3.59. The molecule has 2 rings (SSSR count). The molecule has 1 aromatic heterocycles. The fourth-order valence-electron chi connectivity index (χ4n) is 2.72. The van der Waals surface area contributed by atoms with Crippen molar-refractivity contribution in [2.45, 2.75) is 58.9 Å². The fraction of sp³-hybridized carbons (Fsp3) is 0.786. The smallest absolute Gasteiger partial charge is 0.203 e. The van der Waals surface area contributed by atoms with Crippen molar-refractivity contribution in [1.82, 2.24) is 9.55 Å². The van der Waals surface area contributed by atoms with Crippen LogP contribution in [0.4, 0.5) is 5.95 Å². The summed E-state index contributed by atoms with van der Waals surface area (Å²) in [6, 6.07) is 0. The van der Waals surface area contributed by atoms with Gasteiger partial charge in [-0.25, -0.2) is 4.98 Å². The predicted molar refractivity (Wildman–Crippen MR) is 72.3 cm³/mol.